The molecule has 0 spiro atoms. The summed E-state index contributed by atoms with van der Waals surface area (Å²) in [5, 5.41) is 12.5. The highest BCUT2D eigenvalue weighted by Gasteiger charge is 2.34. The van der Waals surface area contributed by atoms with Crippen molar-refractivity contribution in [3.63, 3.8) is 0 Å². The second-order valence-corrected chi connectivity index (χ2v) is 8.50. The van der Waals surface area contributed by atoms with E-state index in [1.807, 2.05) is 0 Å². The third kappa shape index (κ3) is 4.18. The highest BCUT2D eigenvalue weighted by atomic mass is 19.4. The van der Waals surface area contributed by atoms with E-state index in [0.717, 1.165) is 55.7 Å². The molecule has 0 N–H and O–H groups in total. The molecule has 2 fully saturated rings. The van der Waals surface area contributed by atoms with Crippen LogP contribution >= 0.6 is 0 Å². The molecule has 3 aromatic heterocycles. The molecule has 2 aliphatic carbocycles. The Morgan fingerprint density at radius 3 is 2.56 bits per heavy atom. The fourth-order valence-electron chi connectivity index (χ4n) is 4.28. The minimum atomic E-state index is -4.58. The summed E-state index contributed by atoms with van der Waals surface area (Å²) in [7, 11) is 0. The zero-order valence-corrected chi connectivity index (χ0v) is 17.3. The molecular formula is C22H22F3N5O2. The lowest BCUT2D eigenvalue weighted by Gasteiger charge is -2.22. The first-order valence-corrected chi connectivity index (χ1v) is 10.9. The minimum Gasteiger partial charge on any atom is -0.419 e. The Labute approximate surface area is 181 Å². The average molecular weight is 445 g/mol. The molecule has 0 aliphatic heterocycles. The van der Waals surface area contributed by atoms with Gasteiger partial charge in [-0.3, -0.25) is 9.78 Å². The predicted molar refractivity (Wildman–Crippen MR) is 108 cm³/mol. The van der Waals surface area contributed by atoms with Gasteiger partial charge in [-0.1, -0.05) is 19.3 Å². The van der Waals surface area contributed by atoms with Gasteiger partial charge in [-0.25, -0.2) is 4.68 Å². The normalized spacial score (nSPS) is 17.6. The topological polar surface area (TPSA) is 86.7 Å². The number of nitrogens with zero attached hydrogens (tertiary/aromatic N) is 5. The summed E-state index contributed by atoms with van der Waals surface area (Å²) < 4.78 is 47.2. The number of aromatic nitrogens is 5. The third-order valence-corrected chi connectivity index (χ3v) is 6.13. The van der Waals surface area contributed by atoms with Crippen LogP contribution in [0, 0.1) is 0 Å². The van der Waals surface area contributed by atoms with Crippen molar-refractivity contribution in [3.8, 4) is 11.6 Å². The molecule has 3 heterocycles. The van der Waals surface area contributed by atoms with Crippen molar-refractivity contribution in [1.29, 1.82) is 0 Å². The summed E-state index contributed by atoms with van der Waals surface area (Å²) in [6, 6.07) is 3.85. The smallest absolute Gasteiger partial charge is 0.418 e. The lowest BCUT2D eigenvalue weighted by atomic mass is 9.84. The van der Waals surface area contributed by atoms with E-state index in [-0.39, 0.29) is 23.4 Å². The second kappa shape index (κ2) is 8.14. The van der Waals surface area contributed by atoms with Crippen LogP contribution in [0.4, 0.5) is 13.2 Å². The van der Waals surface area contributed by atoms with Crippen LogP contribution in [0.3, 0.4) is 0 Å². The van der Waals surface area contributed by atoms with Crippen molar-refractivity contribution in [2.75, 3.05) is 0 Å². The quantitative estimate of drug-likeness (QED) is 0.567. The number of hydrogen-bond donors (Lipinski definition) is 0. The van der Waals surface area contributed by atoms with Gasteiger partial charge in [-0.05, 0) is 49.8 Å². The maximum absolute atomic E-state index is 13.5. The van der Waals surface area contributed by atoms with E-state index < -0.39 is 23.8 Å². The Balaban J connectivity index is 1.59. The van der Waals surface area contributed by atoms with Crippen molar-refractivity contribution in [2.24, 2.45) is 0 Å². The molecule has 32 heavy (non-hydrogen) atoms. The fourth-order valence-corrected chi connectivity index (χ4v) is 4.28. The molecule has 0 atom stereocenters. The summed E-state index contributed by atoms with van der Waals surface area (Å²) >= 11 is 0. The summed E-state index contributed by atoms with van der Waals surface area (Å²) in [5.41, 5.74) is -0.710. The van der Waals surface area contributed by atoms with Crippen molar-refractivity contribution in [2.45, 2.75) is 69.5 Å². The van der Waals surface area contributed by atoms with Crippen LogP contribution in [0.1, 0.15) is 79.5 Å². The monoisotopic (exact) mass is 445 g/mol. The molecule has 0 radical (unpaired) electrons. The molecule has 5 rings (SSSR count). The van der Waals surface area contributed by atoms with E-state index in [4.69, 9.17) is 4.42 Å². The molecule has 7 nitrogen and oxygen atoms in total. The van der Waals surface area contributed by atoms with Gasteiger partial charge in [0.2, 0.25) is 5.89 Å². The van der Waals surface area contributed by atoms with Crippen LogP contribution in [-0.2, 0) is 12.7 Å². The standard InChI is InChI=1S/C22H22F3N5O2/c23-22(24,25)16-7-4-10-26-18(16)12-30-21(31)15(13-5-2-1-3-6-13)11-17(29-30)20-28-27-19(32-20)14-8-9-14/h4,7,10-11,13-14H,1-3,5-6,8-9,12H2. The largest absolute Gasteiger partial charge is 0.419 e. The van der Waals surface area contributed by atoms with Gasteiger partial charge in [0.1, 0.15) is 5.69 Å². The van der Waals surface area contributed by atoms with Crippen LogP contribution in [0.15, 0.2) is 33.6 Å². The Morgan fingerprint density at radius 2 is 1.84 bits per heavy atom. The molecule has 0 unspecified atom stereocenters. The second-order valence-electron chi connectivity index (χ2n) is 8.50. The molecule has 0 aromatic carbocycles. The number of rotatable bonds is 5. The van der Waals surface area contributed by atoms with Gasteiger partial charge in [0, 0.05) is 17.7 Å². The number of halogens is 3. The Hall–Kier alpha value is -3.04. The Bertz CT molecular complexity index is 1180. The summed E-state index contributed by atoms with van der Waals surface area (Å²) in [5.74, 6) is 0.987. The van der Waals surface area contributed by atoms with Gasteiger partial charge in [-0.15, -0.1) is 10.2 Å². The van der Waals surface area contributed by atoms with E-state index in [1.54, 1.807) is 6.07 Å². The fraction of sp³-hybridized carbons (Fsp3) is 0.500. The van der Waals surface area contributed by atoms with Crippen LogP contribution < -0.4 is 5.56 Å². The Morgan fingerprint density at radius 1 is 1.06 bits per heavy atom. The van der Waals surface area contributed by atoms with Crippen molar-refractivity contribution < 1.29 is 17.6 Å². The summed E-state index contributed by atoms with van der Waals surface area (Å²) in [6.07, 6.45) is 3.51. The molecule has 0 bridgehead atoms. The highest BCUT2D eigenvalue weighted by molar-refractivity contribution is 5.47. The predicted octanol–water partition coefficient (Wildman–Crippen LogP) is 4.68. The number of alkyl halides is 3. The van der Waals surface area contributed by atoms with Gasteiger partial charge < -0.3 is 4.42 Å². The minimum absolute atomic E-state index is 0.0286. The first-order valence-electron chi connectivity index (χ1n) is 10.9. The van der Waals surface area contributed by atoms with Crippen LogP contribution in [0.2, 0.25) is 0 Å². The molecular weight excluding hydrogens is 423 g/mol. The molecule has 0 amide bonds. The van der Waals surface area contributed by atoms with E-state index >= 15 is 0 Å². The molecule has 3 aromatic rings. The number of hydrogen-bond acceptors (Lipinski definition) is 6. The third-order valence-electron chi connectivity index (χ3n) is 6.13. The van der Waals surface area contributed by atoms with Crippen LogP contribution in [-0.4, -0.2) is 25.0 Å². The first-order chi connectivity index (χ1) is 15.4. The van der Waals surface area contributed by atoms with Gasteiger partial charge in [0.15, 0.2) is 0 Å². The van der Waals surface area contributed by atoms with E-state index in [9.17, 15) is 18.0 Å². The first kappa shape index (κ1) is 20.8. The van der Waals surface area contributed by atoms with E-state index in [2.05, 4.69) is 20.3 Å². The Kier molecular flexibility index (Phi) is 5.30. The van der Waals surface area contributed by atoms with E-state index in [0.29, 0.717) is 17.1 Å². The lowest BCUT2D eigenvalue weighted by molar-refractivity contribution is -0.138. The maximum Gasteiger partial charge on any atom is 0.418 e. The summed E-state index contributed by atoms with van der Waals surface area (Å²) in [6.45, 7) is -0.397. The van der Waals surface area contributed by atoms with Crippen molar-refractivity contribution in [3.05, 3.63) is 57.5 Å². The van der Waals surface area contributed by atoms with Crippen molar-refractivity contribution in [1.82, 2.24) is 25.0 Å². The average Bonchev–Trinajstić information content (AvgIpc) is 3.52. The molecule has 0 saturated heterocycles. The molecule has 168 valence electrons. The zero-order chi connectivity index (χ0) is 22.3. The number of pyridine rings is 1. The molecule has 10 heteroatoms. The van der Waals surface area contributed by atoms with Gasteiger partial charge >= 0.3 is 6.18 Å². The SMILES string of the molecule is O=c1c(C2CCCCC2)cc(-c2nnc(C3CC3)o2)nn1Cc1ncccc1C(F)(F)F. The summed E-state index contributed by atoms with van der Waals surface area (Å²) in [4.78, 5) is 17.2. The zero-order valence-electron chi connectivity index (χ0n) is 17.3. The highest BCUT2D eigenvalue weighted by Crippen LogP contribution is 2.40. The molecule has 2 aliphatic rings. The maximum atomic E-state index is 13.5. The lowest BCUT2D eigenvalue weighted by Crippen LogP contribution is -2.30. The molecule has 2 saturated carbocycles. The van der Waals surface area contributed by atoms with Crippen LogP contribution in [0.25, 0.3) is 11.6 Å². The van der Waals surface area contributed by atoms with Gasteiger partial charge in [0.05, 0.1) is 17.8 Å². The van der Waals surface area contributed by atoms with Gasteiger partial charge in [0.25, 0.3) is 11.4 Å². The van der Waals surface area contributed by atoms with Crippen LogP contribution in [0.5, 0.6) is 0 Å². The van der Waals surface area contributed by atoms with Crippen molar-refractivity contribution >= 4 is 0 Å². The van der Waals surface area contributed by atoms with E-state index in [1.165, 1.54) is 12.3 Å². The van der Waals surface area contributed by atoms with Gasteiger partial charge in [-0.2, -0.15) is 18.3 Å².